The highest BCUT2D eigenvalue weighted by molar-refractivity contribution is 6.30. The second kappa shape index (κ2) is 9.60. The van der Waals surface area contributed by atoms with Crippen LogP contribution < -0.4 is 5.43 Å². The van der Waals surface area contributed by atoms with Crippen LogP contribution in [0.1, 0.15) is 46.6 Å². The molecule has 1 aliphatic rings. The maximum Gasteiger partial charge on any atom is 0.275 e. The van der Waals surface area contributed by atoms with Gasteiger partial charge in [0, 0.05) is 34.4 Å². The molecule has 31 heavy (non-hydrogen) atoms. The number of nitrogens with one attached hydrogen (secondary N) is 1. The molecule has 1 unspecified atom stereocenters. The molecule has 1 aromatic carbocycles. The Hall–Kier alpha value is -2.73. The van der Waals surface area contributed by atoms with E-state index in [-0.39, 0.29) is 17.1 Å². The number of halogens is 3. The van der Waals surface area contributed by atoms with Crippen LogP contribution in [0.4, 0.5) is 8.78 Å². The second-order valence-electron chi connectivity index (χ2n) is 7.70. The van der Waals surface area contributed by atoms with Crippen molar-refractivity contribution in [3.05, 3.63) is 76.0 Å². The number of carbonyl (C=O) groups excluding carboxylic acids is 2. The zero-order chi connectivity index (χ0) is 23.5. The monoisotopic (exact) mass is 448 g/mol. The molecule has 0 fully saturated rings. The molecule has 7 heteroatoms. The Morgan fingerprint density at radius 2 is 1.81 bits per heavy atom. The molecule has 1 aromatic rings. The summed E-state index contributed by atoms with van der Waals surface area (Å²) in [5.74, 6) is -4.20. The van der Waals surface area contributed by atoms with Gasteiger partial charge in [0.05, 0.1) is 0 Å². The Labute approximate surface area is 186 Å². The molecule has 1 N–H and O–H groups in total. The first-order chi connectivity index (χ1) is 14.4. The van der Waals surface area contributed by atoms with Gasteiger partial charge in [-0.3, -0.25) is 15.0 Å². The van der Waals surface area contributed by atoms with Crippen molar-refractivity contribution in [2.24, 2.45) is 5.92 Å². The van der Waals surface area contributed by atoms with Gasteiger partial charge in [0.25, 0.3) is 17.7 Å². The van der Waals surface area contributed by atoms with Crippen molar-refractivity contribution in [1.29, 1.82) is 0 Å². The molecule has 2 rings (SSSR count). The van der Waals surface area contributed by atoms with Gasteiger partial charge in [-0.05, 0) is 55.5 Å². The van der Waals surface area contributed by atoms with Crippen LogP contribution in [0.3, 0.4) is 0 Å². The van der Waals surface area contributed by atoms with E-state index in [9.17, 15) is 18.4 Å². The molecule has 0 spiro atoms. The molecule has 2 amide bonds. The number of amides is 2. The van der Waals surface area contributed by atoms with Gasteiger partial charge in [-0.1, -0.05) is 50.2 Å². The average Bonchev–Trinajstić information content (AvgIpc) is 2.88. The lowest BCUT2D eigenvalue weighted by Crippen LogP contribution is -2.44. The van der Waals surface area contributed by atoms with E-state index in [0.717, 1.165) is 11.9 Å². The zero-order valence-corrected chi connectivity index (χ0v) is 19.1. The molecular formula is C24H27ClF2N2O2. The lowest BCUT2D eigenvalue weighted by atomic mass is 9.94. The van der Waals surface area contributed by atoms with Gasteiger partial charge in [-0.15, -0.1) is 0 Å². The topological polar surface area (TPSA) is 49.4 Å². The molecule has 1 atom stereocenters. The van der Waals surface area contributed by atoms with Crippen molar-refractivity contribution in [3.8, 4) is 0 Å². The maximum atomic E-state index is 14.5. The molecule has 1 heterocycles. The van der Waals surface area contributed by atoms with Crippen molar-refractivity contribution in [2.45, 2.75) is 47.0 Å². The predicted molar refractivity (Wildman–Crippen MR) is 120 cm³/mol. The Morgan fingerprint density at radius 1 is 1.23 bits per heavy atom. The van der Waals surface area contributed by atoms with Gasteiger partial charge in [-0.25, -0.2) is 8.78 Å². The zero-order valence-electron chi connectivity index (χ0n) is 18.4. The number of nitrogens with zero attached hydrogens (tertiary/aromatic N) is 1. The Kier molecular flexibility index (Phi) is 7.60. The fraction of sp³-hybridized carbons (Fsp3) is 0.333. The third-order valence-corrected chi connectivity index (χ3v) is 5.63. The summed E-state index contributed by atoms with van der Waals surface area (Å²) in [5.41, 5.74) is 4.33. The van der Waals surface area contributed by atoms with Crippen LogP contribution in [0.5, 0.6) is 0 Å². The molecule has 0 saturated carbocycles. The number of hydrazine groups is 1. The molecule has 0 saturated heterocycles. The van der Waals surface area contributed by atoms with Gasteiger partial charge < -0.3 is 0 Å². The van der Waals surface area contributed by atoms with E-state index in [0.29, 0.717) is 33.9 Å². The first kappa shape index (κ1) is 24.5. The van der Waals surface area contributed by atoms with Crippen molar-refractivity contribution >= 4 is 29.0 Å². The Bertz CT molecular complexity index is 979. The van der Waals surface area contributed by atoms with Crippen molar-refractivity contribution in [3.63, 3.8) is 0 Å². The van der Waals surface area contributed by atoms with E-state index < -0.39 is 17.7 Å². The Balaban J connectivity index is 2.45. The van der Waals surface area contributed by atoms with Gasteiger partial charge in [-0.2, -0.15) is 5.01 Å². The van der Waals surface area contributed by atoms with Crippen LogP contribution in [0.15, 0.2) is 65.4 Å². The molecule has 4 nitrogen and oxygen atoms in total. The maximum absolute atomic E-state index is 14.5. The molecular weight excluding hydrogens is 422 g/mol. The molecule has 166 valence electrons. The number of hydrogen-bond donors (Lipinski definition) is 1. The van der Waals surface area contributed by atoms with Crippen molar-refractivity contribution in [2.75, 3.05) is 0 Å². The fourth-order valence-corrected chi connectivity index (χ4v) is 3.22. The van der Waals surface area contributed by atoms with E-state index in [1.807, 2.05) is 13.8 Å². The van der Waals surface area contributed by atoms with E-state index >= 15 is 0 Å². The SMILES string of the molecule is C=C(/C(=C\C=C(\NN1C(=O)C(C)=C(C)C1=O)C(C)CC)C(C)(F)F)c1cccc(Cl)c1. The minimum Gasteiger partial charge on any atom is -0.292 e. The predicted octanol–water partition coefficient (Wildman–Crippen LogP) is 6.07. The van der Waals surface area contributed by atoms with E-state index in [2.05, 4.69) is 12.0 Å². The van der Waals surface area contributed by atoms with Crippen LogP contribution >= 0.6 is 11.6 Å². The third kappa shape index (κ3) is 5.50. The minimum absolute atomic E-state index is 0.121. The first-order valence-corrected chi connectivity index (χ1v) is 10.3. The number of allylic oxidation sites excluding steroid dienone is 5. The van der Waals surface area contributed by atoms with Crippen LogP contribution in [0.25, 0.3) is 5.57 Å². The summed E-state index contributed by atoms with van der Waals surface area (Å²) in [7, 11) is 0. The van der Waals surface area contributed by atoms with Crippen molar-refractivity contribution < 1.29 is 18.4 Å². The van der Waals surface area contributed by atoms with Crippen LogP contribution in [0.2, 0.25) is 5.02 Å². The van der Waals surface area contributed by atoms with Gasteiger partial charge in [0.2, 0.25) is 0 Å². The number of alkyl halides is 2. The summed E-state index contributed by atoms with van der Waals surface area (Å²) in [6.45, 7) is 11.6. The van der Waals surface area contributed by atoms with E-state index in [4.69, 9.17) is 11.6 Å². The fourth-order valence-electron chi connectivity index (χ4n) is 3.03. The quantitative estimate of drug-likeness (QED) is 0.387. The molecule has 1 aliphatic heterocycles. The highest BCUT2D eigenvalue weighted by Gasteiger charge is 2.34. The minimum atomic E-state index is -3.18. The highest BCUT2D eigenvalue weighted by Crippen LogP contribution is 2.35. The standard InChI is InChI=1S/C24H27ClF2N2O2/c1-7-14(2)21(28-29-22(30)15(3)16(4)23(29)31)12-11-20(24(6,26)27)17(5)18-9-8-10-19(25)13-18/h8-14,28H,5,7H2,1-4,6H3/b20-11+,21-12+. The number of hydrogen-bond acceptors (Lipinski definition) is 3. The summed E-state index contributed by atoms with van der Waals surface area (Å²) in [5, 5.41) is 1.34. The lowest BCUT2D eigenvalue weighted by Gasteiger charge is -2.24. The molecule has 0 radical (unpaired) electrons. The highest BCUT2D eigenvalue weighted by atomic mass is 35.5. The largest absolute Gasteiger partial charge is 0.292 e. The summed E-state index contributed by atoms with van der Waals surface area (Å²) >= 11 is 6.00. The number of rotatable bonds is 8. The molecule has 0 bridgehead atoms. The van der Waals surface area contributed by atoms with Gasteiger partial charge in [0.1, 0.15) is 0 Å². The molecule has 0 aliphatic carbocycles. The summed E-state index contributed by atoms with van der Waals surface area (Å²) in [6, 6.07) is 6.54. The van der Waals surface area contributed by atoms with E-state index in [1.54, 1.807) is 38.1 Å². The van der Waals surface area contributed by atoms with Crippen LogP contribution in [0, 0.1) is 5.92 Å². The average molecular weight is 449 g/mol. The van der Waals surface area contributed by atoms with Crippen LogP contribution in [-0.4, -0.2) is 22.7 Å². The summed E-state index contributed by atoms with van der Waals surface area (Å²) in [4.78, 5) is 24.8. The number of benzene rings is 1. The van der Waals surface area contributed by atoms with Gasteiger partial charge in [0.15, 0.2) is 0 Å². The normalized spacial score (nSPS) is 16.8. The number of carbonyl (C=O) groups is 2. The van der Waals surface area contributed by atoms with E-state index in [1.165, 1.54) is 12.2 Å². The lowest BCUT2D eigenvalue weighted by molar-refractivity contribution is -0.140. The second-order valence-corrected chi connectivity index (χ2v) is 8.13. The smallest absolute Gasteiger partial charge is 0.275 e. The van der Waals surface area contributed by atoms with Crippen molar-refractivity contribution in [1.82, 2.24) is 10.4 Å². The summed E-state index contributed by atoms with van der Waals surface area (Å²) in [6.07, 6.45) is 3.41. The third-order valence-electron chi connectivity index (χ3n) is 5.40. The molecule has 0 aromatic heterocycles. The van der Waals surface area contributed by atoms with Gasteiger partial charge >= 0.3 is 0 Å². The van der Waals surface area contributed by atoms with Crippen LogP contribution in [-0.2, 0) is 9.59 Å². The number of imide groups is 1. The summed E-state index contributed by atoms with van der Waals surface area (Å²) < 4.78 is 28.9. The first-order valence-electron chi connectivity index (χ1n) is 9.96. The Morgan fingerprint density at radius 3 is 2.29 bits per heavy atom.